The number of ether oxygens (including phenoxy) is 2. The molecule has 0 N–H and O–H groups in total. The van der Waals surface area contributed by atoms with Crippen LogP contribution >= 0.6 is 0 Å². The molecule has 0 saturated carbocycles. The molecular formula is C20H26O2Se. The molecule has 0 aliphatic heterocycles. The van der Waals surface area contributed by atoms with Crippen molar-refractivity contribution < 1.29 is 9.47 Å². The fourth-order valence-electron chi connectivity index (χ4n) is 2.09. The Balaban J connectivity index is 1.73. The molecule has 2 aromatic carbocycles. The van der Waals surface area contributed by atoms with E-state index in [1.165, 1.54) is 11.1 Å². The van der Waals surface area contributed by atoms with Crippen LogP contribution in [0.2, 0.25) is 0 Å². The zero-order chi connectivity index (χ0) is 16.3. The summed E-state index contributed by atoms with van der Waals surface area (Å²) in [6.45, 7) is 5.83. The van der Waals surface area contributed by atoms with E-state index in [-0.39, 0.29) is 0 Å². The summed E-state index contributed by atoms with van der Waals surface area (Å²) in [5.41, 5.74) is 2.80. The van der Waals surface area contributed by atoms with Crippen molar-refractivity contribution in [1.29, 1.82) is 0 Å². The molecule has 0 spiro atoms. The van der Waals surface area contributed by atoms with Gasteiger partial charge in [-0.15, -0.1) is 0 Å². The van der Waals surface area contributed by atoms with E-state index in [9.17, 15) is 0 Å². The van der Waals surface area contributed by atoms with Gasteiger partial charge in [-0.1, -0.05) is 0 Å². The minimum absolute atomic E-state index is 0.581. The predicted octanol–water partition coefficient (Wildman–Crippen LogP) is 4.67. The van der Waals surface area contributed by atoms with E-state index < -0.39 is 0 Å². The third-order valence-corrected chi connectivity index (χ3v) is 5.59. The first kappa shape index (κ1) is 17.9. The molecule has 0 radical (unpaired) electrons. The van der Waals surface area contributed by atoms with Crippen LogP contribution < -0.4 is 9.47 Å². The summed E-state index contributed by atoms with van der Waals surface area (Å²) < 4.78 is 11.2. The zero-order valence-electron chi connectivity index (χ0n) is 14.1. The topological polar surface area (TPSA) is 18.5 Å². The second kappa shape index (κ2) is 10.4. The molecule has 0 aliphatic rings. The van der Waals surface area contributed by atoms with Crippen molar-refractivity contribution in [3.63, 3.8) is 0 Å². The van der Waals surface area contributed by atoms with E-state index in [1.807, 2.05) is 0 Å². The summed E-state index contributed by atoms with van der Waals surface area (Å²) in [4.78, 5) is 0. The monoisotopic (exact) mass is 378 g/mol. The van der Waals surface area contributed by atoms with Crippen molar-refractivity contribution in [1.82, 2.24) is 0 Å². The van der Waals surface area contributed by atoms with Crippen LogP contribution in [-0.2, 0) is 10.6 Å². The van der Waals surface area contributed by atoms with Crippen LogP contribution in [0.5, 0.6) is 11.5 Å². The van der Waals surface area contributed by atoms with Crippen LogP contribution in [0.1, 0.15) is 37.8 Å². The van der Waals surface area contributed by atoms with E-state index in [2.05, 4.69) is 62.4 Å². The SMILES string of the molecule is CCCOc1ccc(C[Se]Cc2ccc(OCCC)cc2)cc1. The molecule has 23 heavy (non-hydrogen) atoms. The summed E-state index contributed by atoms with van der Waals surface area (Å²) in [5.74, 6) is 1.96. The Bertz CT molecular complexity index is 497. The number of hydrogen-bond acceptors (Lipinski definition) is 2. The Morgan fingerprint density at radius 2 is 1.04 bits per heavy atom. The van der Waals surface area contributed by atoms with Crippen LogP contribution in [0.15, 0.2) is 48.5 Å². The average molecular weight is 377 g/mol. The van der Waals surface area contributed by atoms with E-state index in [0.29, 0.717) is 15.0 Å². The number of rotatable bonds is 10. The van der Waals surface area contributed by atoms with Crippen molar-refractivity contribution >= 4 is 15.0 Å². The Morgan fingerprint density at radius 3 is 1.39 bits per heavy atom. The second-order valence-electron chi connectivity index (χ2n) is 5.48. The van der Waals surface area contributed by atoms with Gasteiger partial charge in [0.15, 0.2) is 0 Å². The molecule has 0 heterocycles. The first-order chi connectivity index (χ1) is 11.3. The molecule has 0 bridgehead atoms. The molecule has 0 unspecified atom stereocenters. The Morgan fingerprint density at radius 1 is 0.652 bits per heavy atom. The van der Waals surface area contributed by atoms with Gasteiger partial charge >= 0.3 is 146 Å². The Hall–Kier alpha value is -1.44. The fraction of sp³-hybridized carbons (Fsp3) is 0.400. The van der Waals surface area contributed by atoms with Gasteiger partial charge in [0, 0.05) is 0 Å². The van der Waals surface area contributed by atoms with Crippen molar-refractivity contribution in [2.75, 3.05) is 13.2 Å². The first-order valence-corrected chi connectivity index (χ1v) is 10.7. The van der Waals surface area contributed by atoms with E-state index in [0.717, 1.165) is 48.2 Å². The van der Waals surface area contributed by atoms with Gasteiger partial charge in [-0.25, -0.2) is 0 Å². The Kier molecular flexibility index (Phi) is 8.06. The molecule has 2 nitrogen and oxygen atoms in total. The van der Waals surface area contributed by atoms with Gasteiger partial charge in [0.25, 0.3) is 0 Å². The van der Waals surface area contributed by atoms with Crippen LogP contribution in [0.25, 0.3) is 0 Å². The van der Waals surface area contributed by atoms with Gasteiger partial charge in [0.1, 0.15) is 0 Å². The second-order valence-corrected chi connectivity index (χ2v) is 7.55. The summed E-state index contributed by atoms with van der Waals surface area (Å²) in [6.07, 6.45) is 2.10. The van der Waals surface area contributed by atoms with Gasteiger partial charge in [-0.2, -0.15) is 0 Å². The molecule has 0 atom stereocenters. The maximum atomic E-state index is 5.62. The van der Waals surface area contributed by atoms with Crippen LogP contribution in [0.4, 0.5) is 0 Å². The molecule has 2 aromatic rings. The van der Waals surface area contributed by atoms with Gasteiger partial charge in [-0.05, 0) is 0 Å². The van der Waals surface area contributed by atoms with E-state index >= 15 is 0 Å². The number of benzene rings is 2. The molecule has 0 aromatic heterocycles. The normalized spacial score (nSPS) is 10.5. The minimum atomic E-state index is 0.581. The maximum absolute atomic E-state index is 5.62. The van der Waals surface area contributed by atoms with Gasteiger partial charge in [-0.3, -0.25) is 0 Å². The number of hydrogen-bond donors (Lipinski definition) is 0. The molecule has 3 heteroatoms. The third-order valence-electron chi connectivity index (χ3n) is 3.33. The quantitative estimate of drug-likeness (QED) is 0.561. The summed E-state index contributed by atoms with van der Waals surface area (Å²) in [7, 11) is 0. The van der Waals surface area contributed by atoms with Gasteiger partial charge in [0.05, 0.1) is 0 Å². The van der Waals surface area contributed by atoms with Crippen molar-refractivity contribution in [2.45, 2.75) is 37.3 Å². The van der Waals surface area contributed by atoms with Crippen molar-refractivity contribution in [3.8, 4) is 11.5 Å². The molecule has 0 fully saturated rings. The summed E-state index contributed by atoms with van der Waals surface area (Å²) in [5, 5.41) is 2.32. The van der Waals surface area contributed by atoms with Crippen molar-refractivity contribution in [3.05, 3.63) is 59.7 Å². The fourth-order valence-corrected chi connectivity index (χ4v) is 4.10. The molecular weight excluding hydrogens is 351 g/mol. The molecule has 124 valence electrons. The van der Waals surface area contributed by atoms with Crippen molar-refractivity contribution in [2.24, 2.45) is 0 Å². The zero-order valence-corrected chi connectivity index (χ0v) is 15.8. The van der Waals surface area contributed by atoms with E-state index in [4.69, 9.17) is 9.47 Å². The van der Waals surface area contributed by atoms with Gasteiger partial charge < -0.3 is 0 Å². The summed E-state index contributed by atoms with van der Waals surface area (Å²) in [6, 6.07) is 17.1. The molecule has 0 amide bonds. The predicted molar refractivity (Wildman–Crippen MR) is 97.6 cm³/mol. The van der Waals surface area contributed by atoms with Crippen LogP contribution in [0, 0.1) is 0 Å². The standard InChI is InChI=1S/C20H26O2Se/c1-3-13-21-19-9-5-17(6-10-19)15-23-16-18-7-11-20(12-8-18)22-14-4-2/h5-12H,3-4,13-16H2,1-2H3. The summed E-state index contributed by atoms with van der Waals surface area (Å²) >= 11 is 0.581. The van der Waals surface area contributed by atoms with E-state index in [1.54, 1.807) is 0 Å². The third kappa shape index (κ3) is 6.68. The Labute approximate surface area is 146 Å². The molecule has 0 aliphatic carbocycles. The first-order valence-electron chi connectivity index (χ1n) is 8.33. The van der Waals surface area contributed by atoms with Gasteiger partial charge in [0.2, 0.25) is 0 Å². The average Bonchev–Trinajstić information content (AvgIpc) is 2.60. The van der Waals surface area contributed by atoms with Crippen LogP contribution in [0.3, 0.4) is 0 Å². The molecule has 2 rings (SSSR count). The van der Waals surface area contributed by atoms with Crippen LogP contribution in [-0.4, -0.2) is 28.2 Å². The molecule has 0 saturated heterocycles.